The van der Waals surface area contributed by atoms with Crippen LogP contribution in [0.3, 0.4) is 0 Å². The van der Waals surface area contributed by atoms with E-state index in [-0.39, 0.29) is 5.91 Å². The van der Waals surface area contributed by atoms with E-state index in [2.05, 4.69) is 27.2 Å². The Morgan fingerprint density at radius 1 is 1.18 bits per heavy atom. The largest absolute Gasteiger partial charge is 0.497 e. The number of nitrogens with zero attached hydrogens (tertiary/aromatic N) is 2. The minimum absolute atomic E-state index is 0.236. The molecule has 0 radical (unpaired) electrons. The summed E-state index contributed by atoms with van der Waals surface area (Å²) >= 11 is 1.53. The molecule has 2 N–H and O–H groups in total. The van der Waals surface area contributed by atoms with Crippen molar-refractivity contribution in [2.75, 3.05) is 17.7 Å². The number of ether oxygens (including phenoxy) is 1. The van der Waals surface area contributed by atoms with Crippen molar-refractivity contribution in [3.05, 3.63) is 72.9 Å². The molecule has 6 nitrogen and oxygen atoms in total. The summed E-state index contributed by atoms with van der Waals surface area (Å²) in [7, 11) is 1.63. The predicted octanol–water partition coefficient (Wildman–Crippen LogP) is 4.81. The van der Waals surface area contributed by atoms with E-state index in [0.717, 1.165) is 26.9 Å². The molecule has 0 bridgehead atoms. The second-order valence-electron chi connectivity index (χ2n) is 5.86. The molecule has 142 valence electrons. The number of anilines is 3. The molecule has 1 heterocycles. The first-order valence-corrected chi connectivity index (χ1v) is 9.35. The molecule has 0 aliphatic heterocycles. The Morgan fingerprint density at radius 3 is 2.68 bits per heavy atom. The van der Waals surface area contributed by atoms with Gasteiger partial charge in [0.2, 0.25) is 11.9 Å². The third-order valence-corrected chi connectivity index (χ3v) is 4.89. The number of carbonyl (C=O) groups excluding carboxylic acids is 1. The second kappa shape index (κ2) is 9.05. The Kier molecular flexibility index (Phi) is 6.29. The van der Waals surface area contributed by atoms with Crippen molar-refractivity contribution in [2.45, 2.75) is 16.8 Å². The number of benzene rings is 2. The van der Waals surface area contributed by atoms with Crippen molar-refractivity contribution < 1.29 is 9.53 Å². The van der Waals surface area contributed by atoms with Gasteiger partial charge in [-0.3, -0.25) is 4.79 Å². The molecule has 2 aromatic carbocycles. The molecule has 1 aromatic heterocycles. The van der Waals surface area contributed by atoms with Crippen molar-refractivity contribution >= 4 is 35.0 Å². The van der Waals surface area contributed by atoms with Crippen LogP contribution in [0.2, 0.25) is 0 Å². The number of hydrogen-bond donors (Lipinski definition) is 2. The van der Waals surface area contributed by atoms with Gasteiger partial charge in [0.25, 0.3) is 0 Å². The van der Waals surface area contributed by atoms with Crippen molar-refractivity contribution in [3.63, 3.8) is 0 Å². The van der Waals surface area contributed by atoms with Crippen molar-refractivity contribution in [1.29, 1.82) is 0 Å². The average Bonchev–Trinajstić information content (AvgIpc) is 2.72. The summed E-state index contributed by atoms with van der Waals surface area (Å²) in [6.45, 7) is 5.41. The number of aryl methyl sites for hydroxylation is 1. The molecule has 3 aromatic rings. The molecule has 3 rings (SSSR count). The Hall–Kier alpha value is -3.32. The highest BCUT2D eigenvalue weighted by Crippen LogP contribution is 2.30. The molecule has 0 atom stereocenters. The van der Waals surface area contributed by atoms with Crippen LogP contribution >= 0.6 is 11.8 Å². The van der Waals surface area contributed by atoms with Gasteiger partial charge in [-0.15, -0.1) is 0 Å². The van der Waals surface area contributed by atoms with Gasteiger partial charge in [-0.2, -0.15) is 0 Å². The summed E-state index contributed by atoms with van der Waals surface area (Å²) in [5, 5.41) is 6.77. The van der Waals surface area contributed by atoms with Crippen LogP contribution in [-0.4, -0.2) is 23.0 Å². The van der Waals surface area contributed by atoms with E-state index in [4.69, 9.17) is 4.74 Å². The van der Waals surface area contributed by atoms with Crippen LogP contribution in [0.15, 0.2) is 77.3 Å². The maximum absolute atomic E-state index is 11.4. The van der Waals surface area contributed by atoms with Gasteiger partial charge in [0, 0.05) is 34.1 Å². The third-order valence-electron chi connectivity index (χ3n) is 3.77. The van der Waals surface area contributed by atoms with E-state index in [9.17, 15) is 4.79 Å². The number of hydrogen-bond acceptors (Lipinski definition) is 6. The van der Waals surface area contributed by atoms with Gasteiger partial charge >= 0.3 is 0 Å². The second-order valence-corrected chi connectivity index (χ2v) is 6.92. The normalized spacial score (nSPS) is 10.2. The van der Waals surface area contributed by atoms with Gasteiger partial charge in [-0.05, 0) is 49.4 Å². The molecule has 0 saturated carbocycles. The molecule has 0 fully saturated rings. The molecular formula is C21H20N4O2S. The Bertz CT molecular complexity index is 990. The number of methoxy groups -OCH3 is 1. The van der Waals surface area contributed by atoms with E-state index in [0.29, 0.717) is 11.6 Å². The lowest BCUT2D eigenvalue weighted by Crippen LogP contribution is -2.06. The summed E-state index contributed by atoms with van der Waals surface area (Å²) in [6.07, 6.45) is 3.03. The fraction of sp³-hybridized carbons (Fsp3) is 0.0952. The number of rotatable bonds is 7. The number of aromatic nitrogens is 2. The van der Waals surface area contributed by atoms with Crippen LogP contribution < -0.4 is 15.4 Å². The minimum Gasteiger partial charge on any atom is -0.497 e. The standard InChI is InChI=1S/C21H20N4O2S/c1-4-19(26)23-15-8-10-18(11-9-15)28-20-14(2)13-22-21(25-20)24-16-6-5-7-17(12-16)27-3/h4-13H,1H2,2-3H3,(H,23,26)(H,22,24,25). The summed E-state index contributed by atoms with van der Waals surface area (Å²) in [4.78, 5) is 21.3. The van der Waals surface area contributed by atoms with Crippen LogP contribution in [0.5, 0.6) is 5.75 Å². The number of carbonyl (C=O) groups is 1. The van der Waals surface area contributed by atoms with Crippen molar-refractivity contribution in [3.8, 4) is 5.75 Å². The van der Waals surface area contributed by atoms with Crippen LogP contribution in [0, 0.1) is 6.92 Å². The van der Waals surface area contributed by atoms with Gasteiger partial charge in [-0.25, -0.2) is 9.97 Å². The smallest absolute Gasteiger partial charge is 0.247 e. The number of nitrogens with one attached hydrogen (secondary N) is 2. The lowest BCUT2D eigenvalue weighted by Gasteiger charge is -2.10. The predicted molar refractivity (Wildman–Crippen MR) is 112 cm³/mol. The fourth-order valence-electron chi connectivity index (χ4n) is 2.33. The third kappa shape index (κ3) is 5.11. The van der Waals surface area contributed by atoms with Crippen molar-refractivity contribution in [2.24, 2.45) is 0 Å². The highest BCUT2D eigenvalue weighted by atomic mass is 32.2. The minimum atomic E-state index is -0.236. The quantitative estimate of drug-likeness (QED) is 0.444. The summed E-state index contributed by atoms with van der Waals surface area (Å²) in [6, 6.07) is 15.1. The van der Waals surface area contributed by atoms with Gasteiger partial charge < -0.3 is 15.4 Å². The fourth-order valence-corrected chi connectivity index (χ4v) is 3.17. The van der Waals surface area contributed by atoms with E-state index in [1.807, 2.05) is 55.5 Å². The molecular weight excluding hydrogens is 372 g/mol. The topological polar surface area (TPSA) is 76.1 Å². The molecule has 1 amide bonds. The van der Waals surface area contributed by atoms with Crippen LogP contribution in [0.1, 0.15) is 5.56 Å². The summed E-state index contributed by atoms with van der Waals surface area (Å²) in [5.74, 6) is 1.03. The maximum atomic E-state index is 11.4. The Balaban J connectivity index is 1.74. The summed E-state index contributed by atoms with van der Waals surface area (Å²) < 4.78 is 5.24. The Morgan fingerprint density at radius 2 is 1.96 bits per heavy atom. The SMILES string of the molecule is C=CC(=O)Nc1ccc(Sc2nc(Nc3cccc(OC)c3)ncc2C)cc1. The molecule has 0 aliphatic carbocycles. The molecule has 7 heteroatoms. The maximum Gasteiger partial charge on any atom is 0.247 e. The molecule has 0 saturated heterocycles. The lowest BCUT2D eigenvalue weighted by atomic mass is 10.3. The van der Waals surface area contributed by atoms with E-state index < -0.39 is 0 Å². The highest BCUT2D eigenvalue weighted by molar-refractivity contribution is 7.99. The van der Waals surface area contributed by atoms with Crippen LogP contribution in [0.25, 0.3) is 0 Å². The van der Waals surface area contributed by atoms with Gasteiger partial charge in [0.1, 0.15) is 10.8 Å². The zero-order chi connectivity index (χ0) is 19.9. The van der Waals surface area contributed by atoms with Gasteiger partial charge in [0.05, 0.1) is 7.11 Å². The average molecular weight is 392 g/mol. The summed E-state index contributed by atoms with van der Waals surface area (Å²) in [5.41, 5.74) is 2.54. The molecule has 0 unspecified atom stereocenters. The molecule has 0 spiro atoms. The Labute approximate surface area is 168 Å². The zero-order valence-electron chi connectivity index (χ0n) is 15.6. The number of amides is 1. The first kappa shape index (κ1) is 19.4. The zero-order valence-corrected chi connectivity index (χ0v) is 16.4. The van der Waals surface area contributed by atoms with Gasteiger partial charge in [0.15, 0.2) is 0 Å². The van der Waals surface area contributed by atoms with Gasteiger partial charge in [-0.1, -0.05) is 24.4 Å². The highest BCUT2D eigenvalue weighted by Gasteiger charge is 2.08. The van der Waals surface area contributed by atoms with E-state index in [1.165, 1.54) is 17.8 Å². The molecule has 0 aliphatic rings. The van der Waals surface area contributed by atoms with E-state index >= 15 is 0 Å². The van der Waals surface area contributed by atoms with Crippen LogP contribution in [0.4, 0.5) is 17.3 Å². The van der Waals surface area contributed by atoms with Crippen LogP contribution in [-0.2, 0) is 4.79 Å². The first-order valence-electron chi connectivity index (χ1n) is 8.53. The van der Waals surface area contributed by atoms with E-state index in [1.54, 1.807) is 13.3 Å². The van der Waals surface area contributed by atoms with Crippen molar-refractivity contribution in [1.82, 2.24) is 9.97 Å². The lowest BCUT2D eigenvalue weighted by molar-refractivity contribution is -0.111. The first-order chi connectivity index (χ1) is 13.6. The molecule has 28 heavy (non-hydrogen) atoms. The monoisotopic (exact) mass is 392 g/mol.